The van der Waals surface area contributed by atoms with E-state index in [9.17, 15) is 18.0 Å². The summed E-state index contributed by atoms with van der Waals surface area (Å²) in [6, 6.07) is 13.0. The molecule has 0 aliphatic heterocycles. The third kappa shape index (κ3) is 5.10. The van der Waals surface area contributed by atoms with E-state index in [1.54, 1.807) is 24.3 Å². The first-order chi connectivity index (χ1) is 13.8. The molecule has 29 heavy (non-hydrogen) atoms. The van der Waals surface area contributed by atoms with Crippen LogP contribution in [0.25, 0.3) is 11.0 Å². The lowest BCUT2D eigenvalue weighted by atomic mass is 10.1. The molecule has 152 valence electrons. The number of benzene rings is 2. The maximum absolute atomic E-state index is 12.2. The van der Waals surface area contributed by atoms with Gasteiger partial charge in [-0.2, -0.15) is 4.72 Å². The SMILES string of the molecule is CCc1ccc2c(COC(=O)CNS(=O)(=O)c3ccc(C)cc3)cc(=O)oc2c1. The summed E-state index contributed by atoms with van der Waals surface area (Å²) in [6.07, 6.45) is 0.792. The maximum Gasteiger partial charge on any atom is 0.336 e. The van der Waals surface area contributed by atoms with E-state index in [2.05, 4.69) is 4.72 Å². The van der Waals surface area contributed by atoms with Crippen LogP contribution in [0, 0.1) is 6.92 Å². The van der Waals surface area contributed by atoms with Crippen LogP contribution in [0.3, 0.4) is 0 Å². The van der Waals surface area contributed by atoms with Crippen LogP contribution in [0.4, 0.5) is 0 Å². The molecule has 7 nitrogen and oxygen atoms in total. The zero-order valence-electron chi connectivity index (χ0n) is 16.1. The monoisotopic (exact) mass is 415 g/mol. The normalized spacial score (nSPS) is 11.5. The van der Waals surface area contributed by atoms with Gasteiger partial charge in [-0.1, -0.05) is 36.8 Å². The van der Waals surface area contributed by atoms with Crippen molar-refractivity contribution in [3.05, 3.63) is 75.6 Å². The summed E-state index contributed by atoms with van der Waals surface area (Å²) in [6.45, 7) is 3.15. The van der Waals surface area contributed by atoms with E-state index >= 15 is 0 Å². The van der Waals surface area contributed by atoms with Gasteiger partial charge in [-0.3, -0.25) is 4.79 Å². The highest BCUT2D eigenvalue weighted by Gasteiger charge is 2.16. The summed E-state index contributed by atoms with van der Waals surface area (Å²) in [4.78, 5) is 23.9. The summed E-state index contributed by atoms with van der Waals surface area (Å²) in [7, 11) is -3.82. The molecule has 0 aliphatic carbocycles. The predicted molar refractivity (Wildman–Crippen MR) is 108 cm³/mol. The quantitative estimate of drug-likeness (QED) is 0.470. The second-order valence-corrected chi connectivity index (χ2v) is 8.34. The molecule has 0 fully saturated rings. The van der Waals surface area contributed by atoms with Crippen LogP contribution in [0.15, 0.2) is 62.6 Å². The van der Waals surface area contributed by atoms with Crippen molar-refractivity contribution in [1.82, 2.24) is 4.72 Å². The molecule has 1 N–H and O–H groups in total. The zero-order valence-corrected chi connectivity index (χ0v) is 16.9. The first kappa shape index (κ1) is 20.8. The number of sulfonamides is 1. The highest BCUT2D eigenvalue weighted by Crippen LogP contribution is 2.20. The van der Waals surface area contributed by atoms with E-state index in [-0.39, 0.29) is 11.5 Å². The third-order valence-corrected chi connectivity index (χ3v) is 5.85. The summed E-state index contributed by atoms with van der Waals surface area (Å²) in [5.74, 6) is -0.757. The van der Waals surface area contributed by atoms with Crippen LogP contribution in [0.2, 0.25) is 0 Å². The molecule has 3 rings (SSSR count). The molecule has 0 radical (unpaired) electrons. The topological polar surface area (TPSA) is 103 Å². The molecule has 0 aliphatic rings. The van der Waals surface area contributed by atoms with Crippen molar-refractivity contribution in [2.75, 3.05) is 6.54 Å². The number of carbonyl (C=O) groups is 1. The van der Waals surface area contributed by atoms with Crippen molar-refractivity contribution in [2.24, 2.45) is 0 Å². The Morgan fingerprint density at radius 1 is 1.10 bits per heavy atom. The number of hydrogen-bond donors (Lipinski definition) is 1. The number of rotatable bonds is 7. The van der Waals surface area contributed by atoms with Gasteiger partial charge in [0.15, 0.2) is 0 Å². The highest BCUT2D eigenvalue weighted by molar-refractivity contribution is 7.89. The number of carbonyl (C=O) groups excluding carboxylic acids is 1. The van der Waals surface area contributed by atoms with Crippen molar-refractivity contribution in [3.8, 4) is 0 Å². The standard InChI is InChI=1S/C21H21NO6S/c1-3-15-6-9-18-16(11-20(23)28-19(18)10-15)13-27-21(24)12-22-29(25,26)17-7-4-14(2)5-8-17/h4-11,22H,3,12-13H2,1-2H3. The average Bonchev–Trinajstić information content (AvgIpc) is 2.70. The molecule has 8 heteroatoms. The lowest BCUT2D eigenvalue weighted by molar-refractivity contribution is -0.143. The number of ether oxygens (including phenoxy) is 1. The zero-order chi connectivity index (χ0) is 21.0. The number of esters is 1. The van der Waals surface area contributed by atoms with E-state index in [0.717, 1.165) is 17.5 Å². The lowest BCUT2D eigenvalue weighted by Gasteiger charge is -2.09. The molecule has 0 saturated carbocycles. The van der Waals surface area contributed by atoms with Gasteiger partial charge in [0.1, 0.15) is 18.7 Å². The van der Waals surface area contributed by atoms with E-state index in [1.807, 2.05) is 19.9 Å². The molecular formula is C21H21NO6S. The Bertz CT molecular complexity index is 1200. The average molecular weight is 415 g/mol. The number of fused-ring (bicyclic) bond motifs is 1. The molecule has 1 heterocycles. The van der Waals surface area contributed by atoms with Crippen molar-refractivity contribution >= 4 is 27.0 Å². The fourth-order valence-electron chi connectivity index (χ4n) is 2.78. The minimum Gasteiger partial charge on any atom is -0.460 e. The van der Waals surface area contributed by atoms with Crippen LogP contribution in [0.1, 0.15) is 23.6 Å². The van der Waals surface area contributed by atoms with Crippen LogP contribution in [-0.4, -0.2) is 20.9 Å². The van der Waals surface area contributed by atoms with Gasteiger partial charge in [-0.15, -0.1) is 0 Å². The van der Waals surface area contributed by atoms with E-state index < -0.39 is 28.2 Å². The van der Waals surface area contributed by atoms with Gasteiger partial charge in [0.2, 0.25) is 10.0 Å². The van der Waals surface area contributed by atoms with Gasteiger partial charge in [0, 0.05) is 17.0 Å². The molecule has 0 saturated heterocycles. The van der Waals surface area contributed by atoms with E-state index in [0.29, 0.717) is 16.5 Å². The molecule has 1 aromatic heterocycles. The predicted octanol–water partition coefficient (Wildman–Crippen LogP) is 2.69. The van der Waals surface area contributed by atoms with Crippen LogP contribution in [0.5, 0.6) is 0 Å². The smallest absolute Gasteiger partial charge is 0.336 e. The number of hydrogen-bond acceptors (Lipinski definition) is 6. The first-order valence-corrected chi connectivity index (χ1v) is 10.5. The first-order valence-electron chi connectivity index (χ1n) is 9.06. The second-order valence-electron chi connectivity index (χ2n) is 6.57. The maximum atomic E-state index is 12.2. The third-order valence-electron chi connectivity index (χ3n) is 4.43. The van der Waals surface area contributed by atoms with Gasteiger partial charge in [-0.25, -0.2) is 13.2 Å². The minimum absolute atomic E-state index is 0.0642. The van der Waals surface area contributed by atoms with Crippen LogP contribution in [-0.2, 0) is 32.6 Å². The van der Waals surface area contributed by atoms with Crippen molar-refractivity contribution in [3.63, 3.8) is 0 Å². The Kier molecular flexibility index (Phi) is 6.14. The van der Waals surface area contributed by atoms with Gasteiger partial charge < -0.3 is 9.15 Å². The lowest BCUT2D eigenvalue weighted by Crippen LogP contribution is -2.30. The van der Waals surface area contributed by atoms with E-state index in [1.165, 1.54) is 18.2 Å². The largest absolute Gasteiger partial charge is 0.460 e. The second kappa shape index (κ2) is 8.59. The summed E-state index contributed by atoms with van der Waals surface area (Å²) in [5, 5.41) is 0.662. The van der Waals surface area contributed by atoms with Gasteiger partial charge in [-0.05, 0) is 37.1 Å². The molecule has 0 amide bonds. The van der Waals surface area contributed by atoms with Gasteiger partial charge in [0.25, 0.3) is 0 Å². The molecule has 3 aromatic rings. The highest BCUT2D eigenvalue weighted by atomic mass is 32.2. The Labute approximate surface area is 168 Å². The van der Waals surface area contributed by atoms with Crippen molar-refractivity contribution < 1.29 is 22.4 Å². The fraction of sp³-hybridized carbons (Fsp3) is 0.238. The van der Waals surface area contributed by atoms with E-state index in [4.69, 9.17) is 9.15 Å². The molecule has 0 bridgehead atoms. The summed E-state index contributed by atoms with van der Waals surface area (Å²) in [5.41, 5.74) is 2.31. The molecule has 0 unspecified atom stereocenters. The number of aryl methyl sites for hydroxylation is 2. The van der Waals surface area contributed by atoms with Gasteiger partial charge >= 0.3 is 11.6 Å². The fourth-order valence-corrected chi connectivity index (χ4v) is 3.75. The Balaban J connectivity index is 1.66. The Morgan fingerprint density at radius 3 is 2.52 bits per heavy atom. The Morgan fingerprint density at radius 2 is 1.83 bits per heavy atom. The van der Waals surface area contributed by atoms with Crippen molar-refractivity contribution in [2.45, 2.75) is 31.8 Å². The molecule has 0 atom stereocenters. The van der Waals surface area contributed by atoms with Gasteiger partial charge in [0.05, 0.1) is 4.90 Å². The van der Waals surface area contributed by atoms with Crippen molar-refractivity contribution in [1.29, 1.82) is 0 Å². The molecule has 2 aromatic carbocycles. The number of nitrogens with one attached hydrogen (secondary N) is 1. The molecule has 0 spiro atoms. The Hall–Kier alpha value is -2.97. The van der Waals surface area contributed by atoms with Crippen LogP contribution < -0.4 is 10.3 Å². The summed E-state index contributed by atoms with van der Waals surface area (Å²) >= 11 is 0. The van der Waals surface area contributed by atoms with Crippen LogP contribution >= 0.6 is 0 Å². The minimum atomic E-state index is -3.82. The molecular weight excluding hydrogens is 394 g/mol. The summed E-state index contributed by atoms with van der Waals surface area (Å²) < 4.78 is 37.0.